The number of likely N-dealkylation sites (tertiary alicyclic amines) is 1. The molecular formula is C19H30IN3O2. The van der Waals surface area contributed by atoms with Crippen molar-refractivity contribution >= 4 is 29.9 Å². The first kappa shape index (κ1) is 20.3. The van der Waals surface area contributed by atoms with E-state index in [9.17, 15) is 0 Å². The largest absolute Gasteiger partial charge is 0.496 e. The lowest BCUT2D eigenvalue weighted by Crippen LogP contribution is -2.41. The highest BCUT2D eigenvalue weighted by Gasteiger charge is 2.42. The van der Waals surface area contributed by atoms with Crippen LogP contribution >= 0.6 is 24.0 Å². The molecule has 0 amide bonds. The van der Waals surface area contributed by atoms with Gasteiger partial charge in [-0.15, -0.1) is 24.0 Å². The van der Waals surface area contributed by atoms with E-state index in [-0.39, 0.29) is 24.0 Å². The van der Waals surface area contributed by atoms with Gasteiger partial charge in [0.05, 0.1) is 20.3 Å². The fourth-order valence-corrected chi connectivity index (χ4v) is 3.72. The van der Waals surface area contributed by atoms with E-state index in [2.05, 4.69) is 36.2 Å². The van der Waals surface area contributed by atoms with Gasteiger partial charge in [0.2, 0.25) is 0 Å². The van der Waals surface area contributed by atoms with Gasteiger partial charge in [0.15, 0.2) is 5.96 Å². The van der Waals surface area contributed by atoms with Gasteiger partial charge < -0.3 is 19.7 Å². The van der Waals surface area contributed by atoms with E-state index < -0.39 is 0 Å². The van der Waals surface area contributed by atoms with Gasteiger partial charge in [-0.1, -0.05) is 12.1 Å². The number of nitrogens with zero attached hydrogens (tertiary/aromatic N) is 2. The van der Waals surface area contributed by atoms with Crippen molar-refractivity contribution in [3.05, 3.63) is 29.3 Å². The summed E-state index contributed by atoms with van der Waals surface area (Å²) in [5.41, 5.74) is 2.72. The molecule has 25 heavy (non-hydrogen) atoms. The maximum absolute atomic E-state index is 5.64. The van der Waals surface area contributed by atoms with Crippen molar-refractivity contribution < 1.29 is 9.47 Å². The molecule has 1 unspecified atom stereocenters. The highest BCUT2D eigenvalue weighted by molar-refractivity contribution is 14.0. The normalized spacial score (nSPS) is 23.0. The molecule has 1 atom stereocenters. The third-order valence-electron chi connectivity index (χ3n) is 5.13. The lowest BCUT2D eigenvalue weighted by Gasteiger charge is -2.25. The average Bonchev–Trinajstić information content (AvgIpc) is 3.22. The molecule has 6 heteroatoms. The van der Waals surface area contributed by atoms with Crippen molar-refractivity contribution in [2.75, 3.05) is 40.0 Å². The van der Waals surface area contributed by atoms with Crippen LogP contribution in [0.4, 0.5) is 0 Å². The van der Waals surface area contributed by atoms with E-state index in [1.165, 1.54) is 18.4 Å². The first-order valence-electron chi connectivity index (χ1n) is 8.90. The highest BCUT2D eigenvalue weighted by atomic mass is 127. The number of aryl methyl sites for hydroxylation is 1. The molecule has 1 spiro atoms. The fourth-order valence-electron chi connectivity index (χ4n) is 3.72. The Bertz CT molecular complexity index is 600. The predicted octanol–water partition coefficient (Wildman–Crippen LogP) is 3.20. The number of hydrogen-bond acceptors (Lipinski definition) is 3. The third-order valence-corrected chi connectivity index (χ3v) is 5.13. The van der Waals surface area contributed by atoms with Crippen LogP contribution in [0.15, 0.2) is 23.2 Å². The van der Waals surface area contributed by atoms with Crippen LogP contribution in [0.25, 0.3) is 0 Å². The molecule has 1 N–H and O–H groups in total. The summed E-state index contributed by atoms with van der Waals surface area (Å²) in [6.45, 7) is 9.71. The topological polar surface area (TPSA) is 46.1 Å². The Kier molecular flexibility index (Phi) is 7.37. The molecule has 2 aliphatic heterocycles. The molecule has 0 saturated carbocycles. The van der Waals surface area contributed by atoms with Gasteiger partial charge >= 0.3 is 0 Å². The van der Waals surface area contributed by atoms with Gasteiger partial charge in [-0.25, -0.2) is 4.99 Å². The Morgan fingerprint density at radius 3 is 2.88 bits per heavy atom. The minimum atomic E-state index is 0. The summed E-state index contributed by atoms with van der Waals surface area (Å²) in [5.74, 6) is 1.95. The van der Waals surface area contributed by atoms with Gasteiger partial charge in [0.1, 0.15) is 5.75 Å². The lowest BCUT2D eigenvalue weighted by atomic mass is 9.87. The SMILES string of the molecule is CCNC(=NCc1ccc(OC)c(C)c1)N1CCC2(CCOC2)C1.I. The van der Waals surface area contributed by atoms with E-state index in [1.807, 2.05) is 6.07 Å². The molecule has 0 aromatic heterocycles. The molecule has 140 valence electrons. The van der Waals surface area contributed by atoms with Crippen LogP contribution in [-0.2, 0) is 11.3 Å². The maximum Gasteiger partial charge on any atom is 0.194 e. The second kappa shape index (κ2) is 9.07. The first-order chi connectivity index (χ1) is 11.7. The monoisotopic (exact) mass is 459 g/mol. The second-order valence-electron chi connectivity index (χ2n) is 6.95. The van der Waals surface area contributed by atoms with Gasteiger partial charge in [0, 0.05) is 31.7 Å². The first-order valence-corrected chi connectivity index (χ1v) is 8.90. The zero-order valence-electron chi connectivity index (χ0n) is 15.5. The quantitative estimate of drug-likeness (QED) is 0.427. The average molecular weight is 459 g/mol. The number of benzene rings is 1. The van der Waals surface area contributed by atoms with Gasteiger partial charge in [-0.3, -0.25) is 0 Å². The molecule has 0 radical (unpaired) electrons. The molecule has 1 aromatic carbocycles. The van der Waals surface area contributed by atoms with E-state index in [0.717, 1.165) is 50.1 Å². The summed E-state index contributed by atoms with van der Waals surface area (Å²) in [6, 6.07) is 6.27. The van der Waals surface area contributed by atoms with Gasteiger partial charge in [-0.05, 0) is 43.9 Å². The summed E-state index contributed by atoms with van der Waals surface area (Å²) in [6.07, 6.45) is 2.39. The number of aliphatic imine (C=N–C) groups is 1. The van der Waals surface area contributed by atoms with Crippen molar-refractivity contribution in [3.63, 3.8) is 0 Å². The number of ether oxygens (including phenoxy) is 2. The van der Waals surface area contributed by atoms with Crippen LogP contribution < -0.4 is 10.1 Å². The minimum Gasteiger partial charge on any atom is -0.496 e. The van der Waals surface area contributed by atoms with Crippen LogP contribution in [-0.4, -0.2) is 50.8 Å². The summed E-state index contributed by atoms with van der Waals surface area (Å²) in [5, 5.41) is 3.45. The zero-order chi connectivity index (χ0) is 17.0. The number of nitrogens with one attached hydrogen (secondary N) is 1. The predicted molar refractivity (Wildman–Crippen MR) is 112 cm³/mol. The van der Waals surface area contributed by atoms with E-state index >= 15 is 0 Å². The maximum atomic E-state index is 5.64. The van der Waals surface area contributed by atoms with Crippen molar-refractivity contribution in [2.24, 2.45) is 10.4 Å². The Hall–Kier alpha value is -1.02. The second-order valence-corrected chi connectivity index (χ2v) is 6.95. The minimum absolute atomic E-state index is 0. The van der Waals surface area contributed by atoms with E-state index in [0.29, 0.717) is 12.0 Å². The van der Waals surface area contributed by atoms with Crippen LogP contribution in [0.1, 0.15) is 30.9 Å². The number of guanidine groups is 1. The molecule has 1 aromatic rings. The number of methoxy groups -OCH3 is 1. The summed E-state index contributed by atoms with van der Waals surface area (Å²) >= 11 is 0. The Balaban J connectivity index is 0.00000225. The Labute approximate surface area is 168 Å². The van der Waals surface area contributed by atoms with Gasteiger partial charge in [0.25, 0.3) is 0 Å². The fraction of sp³-hybridized carbons (Fsp3) is 0.632. The molecule has 2 saturated heterocycles. The van der Waals surface area contributed by atoms with Crippen molar-refractivity contribution in [2.45, 2.75) is 33.2 Å². The molecule has 2 aliphatic rings. The highest BCUT2D eigenvalue weighted by Crippen LogP contribution is 2.38. The standard InChI is InChI=1S/C19H29N3O2.HI/c1-4-20-18(22-9-7-19(13-22)8-10-24-14-19)21-12-16-5-6-17(23-3)15(2)11-16;/h5-6,11H,4,7-10,12-14H2,1-3H3,(H,20,21);1H. The molecule has 3 rings (SSSR count). The van der Waals surface area contributed by atoms with E-state index in [1.54, 1.807) is 7.11 Å². The molecular weight excluding hydrogens is 429 g/mol. The molecule has 0 bridgehead atoms. The van der Waals surface area contributed by atoms with Crippen molar-refractivity contribution in [1.82, 2.24) is 10.2 Å². The van der Waals surface area contributed by atoms with Gasteiger partial charge in [-0.2, -0.15) is 0 Å². The number of halogens is 1. The van der Waals surface area contributed by atoms with Crippen LogP contribution in [0.5, 0.6) is 5.75 Å². The Morgan fingerprint density at radius 2 is 2.24 bits per heavy atom. The summed E-state index contributed by atoms with van der Waals surface area (Å²) in [7, 11) is 1.71. The summed E-state index contributed by atoms with van der Waals surface area (Å²) in [4.78, 5) is 7.26. The zero-order valence-corrected chi connectivity index (χ0v) is 17.8. The van der Waals surface area contributed by atoms with Crippen molar-refractivity contribution in [1.29, 1.82) is 0 Å². The summed E-state index contributed by atoms with van der Waals surface area (Å²) < 4.78 is 11.0. The Morgan fingerprint density at radius 1 is 1.40 bits per heavy atom. The van der Waals surface area contributed by atoms with Crippen molar-refractivity contribution in [3.8, 4) is 5.75 Å². The number of rotatable bonds is 4. The number of hydrogen-bond donors (Lipinski definition) is 1. The lowest BCUT2D eigenvalue weighted by molar-refractivity contribution is 0.156. The van der Waals surface area contributed by atoms with Crippen LogP contribution in [0.2, 0.25) is 0 Å². The molecule has 0 aliphatic carbocycles. The molecule has 5 nitrogen and oxygen atoms in total. The molecule has 2 fully saturated rings. The van der Waals surface area contributed by atoms with E-state index in [4.69, 9.17) is 14.5 Å². The molecule has 2 heterocycles. The smallest absolute Gasteiger partial charge is 0.194 e. The van der Waals surface area contributed by atoms with Crippen LogP contribution in [0.3, 0.4) is 0 Å². The van der Waals surface area contributed by atoms with Crippen LogP contribution in [0, 0.1) is 12.3 Å². The third kappa shape index (κ3) is 4.78.